The van der Waals surface area contributed by atoms with E-state index in [9.17, 15) is 4.79 Å². The predicted molar refractivity (Wildman–Crippen MR) is 160 cm³/mol. The third-order valence-corrected chi connectivity index (χ3v) is 9.42. The lowest BCUT2D eigenvalue weighted by molar-refractivity contribution is 0.0846. The molecule has 0 saturated heterocycles. The minimum Gasteiger partial charge on any atom is -0.542 e. The maximum absolute atomic E-state index is 14.0. The fraction of sp³-hybridized carbons (Fsp3) is 0.370. The van der Waals surface area contributed by atoms with Crippen LogP contribution in [0.4, 0.5) is 0 Å². The Labute approximate surface area is 224 Å². The summed E-state index contributed by atoms with van der Waals surface area (Å²) in [5.41, 5.74) is 3.21. The number of hydrogen-bond acceptors (Lipinski definition) is 5. The molecule has 0 N–H and O–H groups in total. The van der Waals surface area contributed by atoms with Crippen molar-refractivity contribution in [1.29, 1.82) is 0 Å². The highest BCUT2D eigenvalue weighted by Gasteiger charge is 2.34. The number of hydrogen-bond donors (Lipinski definition) is 0. The second kappa shape index (κ2) is 10.8. The molecule has 0 spiro atoms. The first-order valence-electron chi connectivity index (χ1n) is 12.5. The highest BCUT2D eigenvalue weighted by atomic mass is 28.4. The summed E-state index contributed by atoms with van der Waals surface area (Å²) in [6.45, 7) is 19.3. The van der Waals surface area contributed by atoms with Gasteiger partial charge in [-0.3, -0.25) is 13.8 Å². The molecule has 0 unspecified atom stereocenters. The zero-order valence-electron chi connectivity index (χ0n) is 23.8. The lowest BCUT2D eigenvalue weighted by Gasteiger charge is -2.30. The topological polar surface area (TPSA) is 69.0 Å². The van der Waals surface area contributed by atoms with Crippen LogP contribution in [0.15, 0.2) is 59.7 Å². The van der Waals surface area contributed by atoms with Gasteiger partial charge in [0.15, 0.2) is 22.2 Å². The summed E-state index contributed by atoms with van der Waals surface area (Å²) in [7, 11) is -4.39. The minimum absolute atomic E-state index is 0.125. The van der Waals surface area contributed by atoms with Gasteiger partial charge in [-0.25, -0.2) is 0 Å². The maximum Gasteiger partial charge on any atom is 0.283 e. The molecule has 1 aromatic heterocycles. The Hall–Kier alpha value is -2.96. The molecule has 0 aliphatic heterocycles. The van der Waals surface area contributed by atoms with E-state index in [1.165, 1.54) is 0 Å². The van der Waals surface area contributed by atoms with Gasteiger partial charge >= 0.3 is 0 Å². The lowest BCUT2D eigenvalue weighted by Crippen LogP contribution is -2.48. The van der Waals surface area contributed by atoms with Crippen molar-refractivity contribution in [3.05, 3.63) is 65.9 Å². The molecule has 0 atom stereocenters. The Bertz CT molecular complexity index is 1270. The van der Waals surface area contributed by atoms with Gasteiger partial charge in [0.05, 0.1) is 19.0 Å². The van der Waals surface area contributed by atoms with E-state index in [0.717, 1.165) is 16.8 Å². The summed E-state index contributed by atoms with van der Waals surface area (Å²) in [6.07, 6.45) is 1.74. The standard InChI is InChI=1S/C27H40N4O3Si3/c1-33-25-17-16-21(18-26(25)34-37(8,9)10)20-28-31(36(5,6)7)27(32)24-19-23(22-14-12-11-13-15-22)29-30(24)35(2,3)4/h11-20H,1-10H3/b28-20+. The van der Waals surface area contributed by atoms with Crippen LogP contribution in [0.5, 0.6) is 11.5 Å². The molecule has 0 bridgehead atoms. The van der Waals surface area contributed by atoms with Crippen molar-refractivity contribution >= 4 is 36.9 Å². The largest absolute Gasteiger partial charge is 0.542 e. The smallest absolute Gasteiger partial charge is 0.283 e. The van der Waals surface area contributed by atoms with Crippen molar-refractivity contribution in [2.45, 2.75) is 58.9 Å². The molecule has 0 saturated carbocycles. The van der Waals surface area contributed by atoms with E-state index in [4.69, 9.17) is 19.4 Å². The van der Waals surface area contributed by atoms with E-state index in [1.807, 2.05) is 58.9 Å². The number of rotatable bonds is 9. The third kappa shape index (κ3) is 7.30. The van der Waals surface area contributed by atoms with E-state index in [1.54, 1.807) is 18.0 Å². The molecular weight excluding hydrogens is 513 g/mol. The number of ether oxygens (including phenoxy) is 1. The number of nitrogens with zero attached hydrogens (tertiary/aromatic N) is 4. The second-order valence-electron chi connectivity index (χ2n) is 12.0. The van der Waals surface area contributed by atoms with Crippen molar-refractivity contribution in [2.24, 2.45) is 5.10 Å². The van der Waals surface area contributed by atoms with E-state index in [2.05, 4.69) is 58.9 Å². The molecule has 0 radical (unpaired) electrons. The summed E-state index contributed by atoms with van der Waals surface area (Å²) in [6, 6.07) is 17.6. The van der Waals surface area contributed by atoms with Gasteiger partial charge in [-0.05, 0) is 88.8 Å². The fourth-order valence-electron chi connectivity index (χ4n) is 3.74. The van der Waals surface area contributed by atoms with Crippen LogP contribution in [0.1, 0.15) is 16.1 Å². The van der Waals surface area contributed by atoms with Gasteiger partial charge in [0.1, 0.15) is 11.4 Å². The van der Waals surface area contributed by atoms with E-state index in [-0.39, 0.29) is 5.91 Å². The highest BCUT2D eigenvalue weighted by molar-refractivity contribution is 6.76. The molecule has 1 heterocycles. The Kier molecular flexibility index (Phi) is 8.35. The number of aromatic nitrogens is 2. The van der Waals surface area contributed by atoms with Gasteiger partial charge < -0.3 is 9.16 Å². The van der Waals surface area contributed by atoms with Crippen LogP contribution in [0.2, 0.25) is 58.9 Å². The molecule has 0 aliphatic rings. The van der Waals surface area contributed by atoms with Gasteiger partial charge in [-0.2, -0.15) is 10.2 Å². The van der Waals surface area contributed by atoms with Gasteiger partial charge in [-0.15, -0.1) is 0 Å². The van der Waals surface area contributed by atoms with Crippen molar-refractivity contribution in [2.75, 3.05) is 7.11 Å². The molecule has 3 rings (SSSR count). The van der Waals surface area contributed by atoms with E-state index in [0.29, 0.717) is 17.2 Å². The molecule has 3 aromatic rings. The molecule has 198 valence electrons. The zero-order chi connectivity index (χ0) is 27.6. The van der Waals surface area contributed by atoms with Crippen LogP contribution in [0.3, 0.4) is 0 Å². The first-order chi connectivity index (χ1) is 17.1. The normalized spacial score (nSPS) is 12.6. The number of hydrazone groups is 1. The first kappa shape index (κ1) is 28.6. The molecular formula is C27H40N4O3Si3. The SMILES string of the molecule is COc1ccc(/C=N/N(C(=O)c2cc(-c3ccccc3)nn2[Si](C)(C)C)[Si](C)(C)C)cc1O[Si](C)(C)C. The van der Waals surface area contributed by atoms with Gasteiger partial charge in [-0.1, -0.05) is 30.3 Å². The Balaban J connectivity index is 2.03. The van der Waals surface area contributed by atoms with E-state index < -0.39 is 24.8 Å². The highest BCUT2D eigenvalue weighted by Crippen LogP contribution is 2.30. The van der Waals surface area contributed by atoms with Gasteiger partial charge in [0.25, 0.3) is 5.91 Å². The quantitative estimate of drug-likeness (QED) is 0.167. The Morgan fingerprint density at radius 3 is 2.11 bits per heavy atom. The molecule has 0 fully saturated rings. The number of amides is 1. The molecule has 2 aromatic carbocycles. The summed E-state index contributed by atoms with van der Waals surface area (Å²) in [4.78, 5) is 14.0. The summed E-state index contributed by atoms with van der Waals surface area (Å²) in [5.74, 6) is 1.26. The molecule has 7 nitrogen and oxygen atoms in total. The molecule has 1 amide bonds. The molecule has 0 aliphatic carbocycles. The number of carbonyl (C=O) groups is 1. The summed E-state index contributed by atoms with van der Waals surface area (Å²) >= 11 is 0. The second-order valence-corrected chi connectivity index (χ2v) is 26.0. The van der Waals surface area contributed by atoms with Crippen molar-refractivity contribution in [3.8, 4) is 22.8 Å². The summed E-state index contributed by atoms with van der Waals surface area (Å²) < 4.78 is 15.4. The number of benzene rings is 2. The zero-order valence-corrected chi connectivity index (χ0v) is 26.8. The Morgan fingerprint density at radius 2 is 1.57 bits per heavy atom. The van der Waals surface area contributed by atoms with E-state index >= 15 is 0 Å². The minimum atomic E-state index is -2.20. The summed E-state index contributed by atoms with van der Waals surface area (Å²) in [5, 5.41) is 9.64. The average molecular weight is 553 g/mol. The Morgan fingerprint density at radius 1 is 0.919 bits per heavy atom. The van der Waals surface area contributed by atoms with Crippen LogP contribution >= 0.6 is 0 Å². The van der Waals surface area contributed by atoms with Crippen LogP contribution in [-0.2, 0) is 0 Å². The maximum atomic E-state index is 14.0. The number of carbonyl (C=O) groups excluding carboxylic acids is 1. The van der Waals surface area contributed by atoms with Gasteiger partial charge in [0.2, 0.25) is 8.32 Å². The molecule has 10 heteroatoms. The van der Waals surface area contributed by atoms with Crippen LogP contribution in [0, 0.1) is 0 Å². The lowest BCUT2D eigenvalue weighted by atomic mass is 10.1. The van der Waals surface area contributed by atoms with Crippen LogP contribution < -0.4 is 9.16 Å². The first-order valence-corrected chi connectivity index (χ1v) is 22.8. The monoisotopic (exact) mass is 552 g/mol. The van der Waals surface area contributed by atoms with Crippen LogP contribution in [-0.4, -0.2) is 58.1 Å². The number of methoxy groups -OCH3 is 1. The average Bonchev–Trinajstić information content (AvgIpc) is 3.24. The van der Waals surface area contributed by atoms with Crippen molar-refractivity contribution in [1.82, 2.24) is 14.1 Å². The van der Waals surface area contributed by atoms with Crippen molar-refractivity contribution in [3.63, 3.8) is 0 Å². The van der Waals surface area contributed by atoms with Crippen LogP contribution in [0.25, 0.3) is 11.3 Å². The fourth-order valence-corrected chi connectivity index (χ4v) is 6.98. The van der Waals surface area contributed by atoms with Crippen molar-refractivity contribution < 1.29 is 14.0 Å². The third-order valence-electron chi connectivity index (χ3n) is 5.39. The van der Waals surface area contributed by atoms with Gasteiger partial charge in [0, 0.05) is 5.56 Å². The molecule has 37 heavy (non-hydrogen) atoms. The predicted octanol–water partition coefficient (Wildman–Crippen LogP) is 6.77.